The van der Waals surface area contributed by atoms with E-state index in [1.165, 1.54) is 24.3 Å². The normalized spacial score (nSPS) is 13.8. The maximum absolute atomic E-state index is 12.2. The lowest BCUT2D eigenvalue weighted by molar-refractivity contribution is -0.141. The quantitative estimate of drug-likeness (QED) is 0.172. The average Bonchev–Trinajstić information content (AvgIpc) is 3.19. The zero-order valence-corrected chi connectivity index (χ0v) is 17.6. The molecule has 0 radical (unpaired) electrons. The fourth-order valence-corrected chi connectivity index (χ4v) is 2.96. The van der Waals surface area contributed by atoms with Gasteiger partial charge in [0.2, 0.25) is 17.7 Å². The second-order valence-corrected chi connectivity index (χ2v) is 7.44. The molecule has 0 bridgehead atoms. The first-order valence-electron chi connectivity index (χ1n) is 8.71. The molecule has 7 N–H and O–H groups in total. The number of imidazole rings is 1. The number of amides is 3. The Hall–Kier alpha value is -2.25. The van der Waals surface area contributed by atoms with Crippen LogP contribution in [-0.2, 0) is 25.6 Å². The number of thiol groups is 1. The smallest absolute Gasteiger partial charge is 0.326 e. The molecule has 0 spiro atoms. The molecule has 3 unspecified atom stereocenters. The summed E-state index contributed by atoms with van der Waals surface area (Å²) in [6.45, 7) is -0.428. The van der Waals surface area contributed by atoms with Crippen molar-refractivity contribution in [3.63, 3.8) is 0 Å². The zero-order chi connectivity index (χ0) is 21.8. The Morgan fingerprint density at radius 1 is 1.28 bits per heavy atom. The highest BCUT2D eigenvalue weighted by molar-refractivity contribution is 7.98. The van der Waals surface area contributed by atoms with Crippen LogP contribution < -0.4 is 21.7 Å². The van der Waals surface area contributed by atoms with Crippen LogP contribution in [0.25, 0.3) is 0 Å². The molecule has 1 rings (SSSR count). The topological polar surface area (TPSA) is 179 Å². The minimum absolute atomic E-state index is 0.0125. The van der Waals surface area contributed by atoms with Gasteiger partial charge >= 0.3 is 5.97 Å². The summed E-state index contributed by atoms with van der Waals surface area (Å²) in [7, 11) is 0. The Morgan fingerprint density at radius 3 is 2.55 bits per heavy atom. The molecule has 0 fully saturated rings. The fraction of sp³-hybridized carbons (Fsp3) is 0.562. The molecule has 11 nitrogen and oxygen atoms in total. The lowest BCUT2D eigenvalue weighted by atomic mass is 10.1. The fourth-order valence-electron chi connectivity index (χ4n) is 2.23. The van der Waals surface area contributed by atoms with Gasteiger partial charge < -0.3 is 31.8 Å². The van der Waals surface area contributed by atoms with Crippen LogP contribution in [0.15, 0.2) is 12.5 Å². The van der Waals surface area contributed by atoms with Crippen molar-refractivity contribution in [2.45, 2.75) is 31.0 Å². The number of carboxylic acid groups (broad SMARTS) is 1. The predicted molar refractivity (Wildman–Crippen MR) is 112 cm³/mol. The number of hydrogen-bond acceptors (Lipinski definition) is 8. The van der Waals surface area contributed by atoms with Gasteiger partial charge in [0.15, 0.2) is 0 Å². The Bertz CT molecular complexity index is 687. The minimum Gasteiger partial charge on any atom is -0.480 e. The van der Waals surface area contributed by atoms with E-state index in [-0.39, 0.29) is 18.6 Å². The van der Waals surface area contributed by atoms with Crippen molar-refractivity contribution in [1.29, 1.82) is 0 Å². The van der Waals surface area contributed by atoms with Gasteiger partial charge in [0.25, 0.3) is 0 Å². The number of H-pyrrole nitrogens is 1. The number of nitrogens with two attached hydrogens (primary N) is 1. The average molecular weight is 447 g/mol. The molecule has 29 heavy (non-hydrogen) atoms. The van der Waals surface area contributed by atoms with Gasteiger partial charge in [-0.2, -0.15) is 24.4 Å². The van der Waals surface area contributed by atoms with Crippen LogP contribution in [0.4, 0.5) is 0 Å². The monoisotopic (exact) mass is 446 g/mol. The lowest BCUT2D eigenvalue weighted by Gasteiger charge is -2.19. The van der Waals surface area contributed by atoms with Crippen LogP contribution in [-0.4, -0.2) is 81.2 Å². The first-order chi connectivity index (χ1) is 13.8. The Morgan fingerprint density at radius 2 is 2.00 bits per heavy atom. The van der Waals surface area contributed by atoms with Crippen LogP contribution in [0.2, 0.25) is 0 Å². The van der Waals surface area contributed by atoms with E-state index in [0.29, 0.717) is 11.4 Å². The molecule has 0 aliphatic carbocycles. The summed E-state index contributed by atoms with van der Waals surface area (Å²) in [6.07, 6.45) is 5.30. The highest BCUT2D eigenvalue weighted by atomic mass is 32.2. The van der Waals surface area contributed by atoms with Crippen molar-refractivity contribution >= 4 is 48.1 Å². The van der Waals surface area contributed by atoms with Crippen LogP contribution in [0.1, 0.15) is 12.1 Å². The second-order valence-electron chi connectivity index (χ2n) is 6.09. The van der Waals surface area contributed by atoms with Crippen LogP contribution in [0.5, 0.6) is 0 Å². The third-order valence-electron chi connectivity index (χ3n) is 3.81. The van der Waals surface area contributed by atoms with Crippen molar-refractivity contribution < 1.29 is 24.3 Å². The summed E-state index contributed by atoms with van der Waals surface area (Å²) >= 11 is 5.50. The van der Waals surface area contributed by atoms with E-state index in [4.69, 9.17) is 10.8 Å². The van der Waals surface area contributed by atoms with Crippen LogP contribution in [0.3, 0.4) is 0 Å². The Kier molecular flexibility index (Phi) is 11.2. The molecule has 0 aliphatic rings. The van der Waals surface area contributed by atoms with E-state index in [2.05, 4.69) is 38.5 Å². The molecule has 1 aromatic rings. The van der Waals surface area contributed by atoms with E-state index >= 15 is 0 Å². The number of rotatable bonds is 13. The summed E-state index contributed by atoms with van der Waals surface area (Å²) in [5.41, 5.74) is 6.49. The van der Waals surface area contributed by atoms with E-state index < -0.39 is 48.4 Å². The summed E-state index contributed by atoms with van der Waals surface area (Å²) in [6, 6.07) is -2.94. The largest absolute Gasteiger partial charge is 0.480 e. The minimum atomic E-state index is -1.15. The van der Waals surface area contributed by atoms with Gasteiger partial charge in [-0.05, 0) is 18.4 Å². The second kappa shape index (κ2) is 13.1. The summed E-state index contributed by atoms with van der Waals surface area (Å²) in [5, 5.41) is 16.3. The van der Waals surface area contributed by atoms with Gasteiger partial charge in [0, 0.05) is 24.1 Å². The van der Waals surface area contributed by atoms with Crippen LogP contribution in [0, 0.1) is 0 Å². The van der Waals surface area contributed by atoms with Gasteiger partial charge in [-0.1, -0.05) is 0 Å². The summed E-state index contributed by atoms with van der Waals surface area (Å²) in [4.78, 5) is 54.1. The molecule has 3 atom stereocenters. The van der Waals surface area contributed by atoms with Crippen molar-refractivity contribution in [2.75, 3.05) is 24.3 Å². The van der Waals surface area contributed by atoms with E-state index in [1.807, 2.05) is 6.26 Å². The summed E-state index contributed by atoms with van der Waals surface area (Å²) < 4.78 is 0. The molecule has 0 aliphatic heterocycles. The maximum atomic E-state index is 12.2. The highest BCUT2D eigenvalue weighted by Gasteiger charge is 2.24. The number of aromatic nitrogens is 2. The Balaban J connectivity index is 2.47. The lowest BCUT2D eigenvalue weighted by Crippen LogP contribution is -2.54. The predicted octanol–water partition coefficient (Wildman–Crippen LogP) is -1.87. The molecule has 1 aromatic heterocycles. The Labute approximate surface area is 177 Å². The van der Waals surface area contributed by atoms with Gasteiger partial charge in [-0.15, -0.1) is 0 Å². The molecule has 0 aromatic carbocycles. The van der Waals surface area contributed by atoms with Crippen molar-refractivity contribution in [1.82, 2.24) is 25.9 Å². The summed E-state index contributed by atoms with van der Waals surface area (Å²) in [5.74, 6) is -2.43. The number of nitrogens with zero attached hydrogens (tertiary/aromatic N) is 1. The number of hydrogen-bond donors (Lipinski definition) is 7. The number of thioether (sulfide) groups is 1. The van der Waals surface area contributed by atoms with Crippen molar-refractivity contribution in [2.24, 2.45) is 5.73 Å². The maximum Gasteiger partial charge on any atom is 0.326 e. The molecular formula is C16H26N6O5S2. The zero-order valence-electron chi connectivity index (χ0n) is 15.9. The number of carboxylic acids is 1. The SMILES string of the molecule is CSCCC(NC(=O)CNC(=O)C(CS)NC(=O)C(N)Cc1cnc[nH]1)C(=O)O. The standard InChI is InChI=1S/C16H26N6O5S2/c1-29-3-2-11(16(26)27)21-13(23)6-19-15(25)12(7-28)22-14(24)10(17)4-9-5-18-8-20-9/h5,8,10-12,28H,2-4,6-7,17H2,1H3,(H,18,20)(H,19,25)(H,21,23)(H,22,24)(H,26,27). The van der Waals surface area contributed by atoms with Gasteiger partial charge in [0.1, 0.15) is 12.1 Å². The van der Waals surface area contributed by atoms with Crippen molar-refractivity contribution in [3.8, 4) is 0 Å². The van der Waals surface area contributed by atoms with E-state index in [9.17, 15) is 19.2 Å². The van der Waals surface area contributed by atoms with Gasteiger partial charge in [0.05, 0.1) is 18.9 Å². The third-order valence-corrected chi connectivity index (χ3v) is 4.82. The number of carbonyl (C=O) groups excluding carboxylic acids is 3. The van der Waals surface area contributed by atoms with Crippen molar-refractivity contribution in [3.05, 3.63) is 18.2 Å². The van der Waals surface area contributed by atoms with Gasteiger partial charge in [-0.3, -0.25) is 14.4 Å². The van der Waals surface area contributed by atoms with E-state index in [0.717, 1.165) is 0 Å². The molecule has 1 heterocycles. The first-order valence-corrected chi connectivity index (χ1v) is 10.7. The number of aliphatic carboxylic acids is 1. The molecule has 0 saturated carbocycles. The molecular weight excluding hydrogens is 420 g/mol. The number of nitrogens with one attached hydrogen (secondary N) is 4. The van der Waals surface area contributed by atoms with E-state index in [1.54, 1.807) is 0 Å². The number of carbonyl (C=O) groups is 4. The van der Waals surface area contributed by atoms with Crippen LogP contribution >= 0.6 is 24.4 Å². The molecule has 162 valence electrons. The van der Waals surface area contributed by atoms with Gasteiger partial charge in [-0.25, -0.2) is 9.78 Å². The third kappa shape index (κ3) is 9.19. The highest BCUT2D eigenvalue weighted by Crippen LogP contribution is 2.01. The molecule has 13 heteroatoms. The number of aromatic amines is 1. The molecule has 3 amide bonds. The first kappa shape index (κ1) is 24.8. The molecule has 0 saturated heterocycles.